The molecule has 1 aromatic carbocycles. The van der Waals surface area contributed by atoms with Gasteiger partial charge in [-0.15, -0.1) is 5.10 Å². The molecule has 3 aromatic heterocycles. The number of carboxylic acids is 1. The third-order valence-corrected chi connectivity index (χ3v) is 4.28. The summed E-state index contributed by atoms with van der Waals surface area (Å²) in [7, 11) is 0. The molecule has 4 rings (SSSR count). The Hall–Kier alpha value is -4.02. The quantitative estimate of drug-likeness (QED) is 0.527. The van der Waals surface area contributed by atoms with E-state index in [2.05, 4.69) is 20.1 Å². The van der Waals surface area contributed by atoms with Crippen LogP contribution in [-0.2, 0) is 6.18 Å². The van der Waals surface area contributed by atoms with Crippen molar-refractivity contribution in [2.75, 3.05) is 5.73 Å². The maximum absolute atomic E-state index is 13.4. The molecule has 3 N–H and O–H groups in total. The van der Waals surface area contributed by atoms with Gasteiger partial charge in [-0.2, -0.15) is 17.7 Å². The van der Waals surface area contributed by atoms with E-state index in [1.807, 2.05) is 0 Å². The summed E-state index contributed by atoms with van der Waals surface area (Å²) < 4.78 is 41.1. The molecule has 30 heavy (non-hydrogen) atoms. The fraction of sp³-hybridized carbons (Fsp3) is 0.105. The highest BCUT2D eigenvalue weighted by Gasteiger charge is 2.34. The number of fused-ring (bicyclic) bond motifs is 1. The van der Waals surface area contributed by atoms with Gasteiger partial charge in [0.05, 0.1) is 11.3 Å². The van der Waals surface area contributed by atoms with Crippen molar-refractivity contribution in [1.29, 1.82) is 0 Å². The van der Waals surface area contributed by atoms with Crippen LogP contribution >= 0.6 is 0 Å². The van der Waals surface area contributed by atoms with E-state index in [-0.39, 0.29) is 34.1 Å². The molecule has 0 amide bonds. The highest BCUT2D eigenvalue weighted by molar-refractivity contribution is 5.92. The number of benzene rings is 1. The van der Waals surface area contributed by atoms with Gasteiger partial charge in [0, 0.05) is 11.3 Å². The minimum absolute atomic E-state index is 0.0301. The first kappa shape index (κ1) is 19.3. The van der Waals surface area contributed by atoms with Crippen LogP contribution in [0.3, 0.4) is 0 Å². The SMILES string of the molecule is Cc1cc(-c2c(-c3ccccc3)nc(N)n3nc(C(=O)O)nc23)cc(C(F)(F)F)n1. The van der Waals surface area contributed by atoms with Crippen LogP contribution in [0.2, 0.25) is 0 Å². The van der Waals surface area contributed by atoms with Crippen LogP contribution in [-0.4, -0.2) is 35.6 Å². The predicted octanol–water partition coefficient (Wildman–Crippen LogP) is 3.46. The molecule has 152 valence electrons. The lowest BCUT2D eigenvalue weighted by Gasteiger charge is -2.14. The van der Waals surface area contributed by atoms with Crippen molar-refractivity contribution < 1.29 is 23.1 Å². The summed E-state index contributed by atoms with van der Waals surface area (Å²) in [5, 5.41) is 13.1. The maximum atomic E-state index is 13.4. The fourth-order valence-electron chi connectivity index (χ4n) is 3.08. The zero-order valence-corrected chi connectivity index (χ0v) is 15.3. The van der Waals surface area contributed by atoms with E-state index < -0.39 is 23.7 Å². The Labute approximate surface area is 166 Å². The third kappa shape index (κ3) is 3.30. The van der Waals surface area contributed by atoms with Gasteiger partial charge in [-0.1, -0.05) is 30.3 Å². The number of hydrogen-bond donors (Lipinski definition) is 2. The second kappa shape index (κ2) is 6.79. The van der Waals surface area contributed by atoms with Crippen LogP contribution in [0.4, 0.5) is 19.1 Å². The lowest BCUT2D eigenvalue weighted by atomic mass is 9.99. The number of alkyl halides is 3. The number of hydrogen-bond acceptors (Lipinski definition) is 6. The Balaban J connectivity index is 2.13. The Bertz CT molecular complexity index is 1290. The molecule has 0 aliphatic heterocycles. The number of anilines is 1. The molecule has 0 fully saturated rings. The van der Waals surface area contributed by atoms with Crippen molar-refractivity contribution in [2.24, 2.45) is 0 Å². The van der Waals surface area contributed by atoms with Gasteiger partial charge in [0.15, 0.2) is 5.65 Å². The standard InChI is InChI=1S/C19H13F3N6O2/c1-9-7-11(8-12(24-9)19(20,21)22)13-14(10-5-3-2-4-6-10)25-18(23)28-16(13)26-15(27-28)17(29)30/h2-8H,1H3,(H2,23,25)(H,29,30). The Morgan fingerprint density at radius 3 is 2.40 bits per heavy atom. The lowest BCUT2D eigenvalue weighted by Crippen LogP contribution is -2.10. The second-order valence-corrected chi connectivity index (χ2v) is 6.42. The number of carbonyl (C=O) groups is 1. The average Bonchev–Trinajstić information content (AvgIpc) is 3.13. The zero-order valence-electron chi connectivity index (χ0n) is 15.3. The smallest absolute Gasteiger partial charge is 0.433 e. The highest BCUT2D eigenvalue weighted by atomic mass is 19.4. The number of nitrogen functional groups attached to an aromatic ring is 1. The number of aromatic carboxylic acids is 1. The molecule has 0 saturated carbocycles. The summed E-state index contributed by atoms with van der Waals surface area (Å²) in [6.07, 6.45) is -4.68. The molecule has 8 nitrogen and oxygen atoms in total. The van der Waals surface area contributed by atoms with Gasteiger partial charge in [-0.25, -0.2) is 19.7 Å². The molecule has 4 aromatic rings. The normalized spacial score (nSPS) is 11.7. The molecule has 3 heterocycles. The van der Waals surface area contributed by atoms with Gasteiger partial charge in [0.25, 0.3) is 5.82 Å². The topological polar surface area (TPSA) is 119 Å². The van der Waals surface area contributed by atoms with Crippen molar-refractivity contribution in [3.05, 3.63) is 59.7 Å². The first-order valence-corrected chi connectivity index (χ1v) is 8.56. The number of halogens is 3. The predicted molar refractivity (Wildman–Crippen MR) is 101 cm³/mol. The number of pyridine rings is 1. The van der Waals surface area contributed by atoms with Crippen molar-refractivity contribution in [2.45, 2.75) is 13.1 Å². The zero-order chi connectivity index (χ0) is 21.6. The van der Waals surface area contributed by atoms with E-state index >= 15 is 0 Å². The molecule has 0 spiro atoms. The largest absolute Gasteiger partial charge is 0.475 e. The van der Waals surface area contributed by atoms with E-state index in [9.17, 15) is 23.1 Å². The lowest BCUT2D eigenvalue weighted by molar-refractivity contribution is -0.141. The summed E-state index contributed by atoms with van der Waals surface area (Å²) in [4.78, 5) is 23.2. The van der Waals surface area contributed by atoms with Gasteiger partial charge in [-0.05, 0) is 24.6 Å². The first-order chi connectivity index (χ1) is 14.1. The summed E-state index contributed by atoms with van der Waals surface area (Å²) in [5.41, 5.74) is 6.01. The number of rotatable bonds is 3. The van der Waals surface area contributed by atoms with Gasteiger partial charge < -0.3 is 10.8 Å². The molecule has 0 atom stereocenters. The van der Waals surface area contributed by atoms with Crippen LogP contribution in [0, 0.1) is 6.92 Å². The molecule has 0 unspecified atom stereocenters. The van der Waals surface area contributed by atoms with Gasteiger partial charge in [0.1, 0.15) is 5.69 Å². The van der Waals surface area contributed by atoms with Crippen molar-refractivity contribution >= 4 is 17.6 Å². The molecule has 0 saturated heterocycles. The Kier molecular flexibility index (Phi) is 4.37. The molecule has 0 aliphatic rings. The molecule has 0 radical (unpaired) electrons. The second-order valence-electron chi connectivity index (χ2n) is 6.42. The number of aryl methyl sites for hydroxylation is 1. The van der Waals surface area contributed by atoms with Crippen LogP contribution in [0.1, 0.15) is 22.0 Å². The molecule has 11 heteroatoms. The van der Waals surface area contributed by atoms with Crippen molar-refractivity contribution in [3.8, 4) is 22.4 Å². The summed E-state index contributed by atoms with van der Waals surface area (Å²) in [5.74, 6) is -2.13. The van der Waals surface area contributed by atoms with E-state index in [1.54, 1.807) is 30.3 Å². The molecule has 0 aliphatic carbocycles. The van der Waals surface area contributed by atoms with Crippen molar-refractivity contribution in [1.82, 2.24) is 24.6 Å². The van der Waals surface area contributed by atoms with Crippen LogP contribution in [0.25, 0.3) is 28.0 Å². The molecular weight excluding hydrogens is 401 g/mol. The maximum Gasteiger partial charge on any atom is 0.433 e. The molecule has 0 bridgehead atoms. The monoisotopic (exact) mass is 414 g/mol. The summed E-state index contributed by atoms with van der Waals surface area (Å²) in [6.45, 7) is 1.43. The van der Waals surface area contributed by atoms with Crippen LogP contribution < -0.4 is 5.73 Å². The Morgan fingerprint density at radius 1 is 1.07 bits per heavy atom. The van der Waals surface area contributed by atoms with Gasteiger partial charge in [-0.3, -0.25) is 0 Å². The summed E-state index contributed by atoms with van der Waals surface area (Å²) >= 11 is 0. The van der Waals surface area contributed by atoms with Crippen LogP contribution in [0.5, 0.6) is 0 Å². The number of nitrogens with two attached hydrogens (primary N) is 1. The van der Waals surface area contributed by atoms with E-state index in [0.717, 1.165) is 10.6 Å². The third-order valence-electron chi connectivity index (χ3n) is 4.28. The average molecular weight is 414 g/mol. The van der Waals surface area contributed by atoms with Crippen molar-refractivity contribution in [3.63, 3.8) is 0 Å². The Morgan fingerprint density at radius 2 is 1.77 bits per heavy atom. The summed E-state index contributed by atoms with van der Waals surface area (Å²) in [6, 6.07) is 10.9. The van der Waals surface area contributed by atoms with Crippen LogP contribution in [0.15, 0.2) is 42.5 Å². The first-order valence-electron chi connectivity index (χ1n) is 8.56. The number of aromatic nitrogens is 5. The number of carboxylic acid groups (broad SMARTS) is 1. The van der Waals surface area contributed by atoms with E-state index in [1.165, 1.54) is 13.0 Å². The minimum atomic E-state index is -4.68. The van der Waals surface area contributed by atoms with Gasteiger partial charge in [0.2, 0.25) is 5.95 Å². The number of nitrogens with zero attached hydrogens (tertiary/aromatic N) is 5. The highest BCUT2D eigenvalue weighted by Crippen LogP contribution is 2.37. The molecular formula is C19H13F3N6O2. The van der Waals surface area contributed by atoms with Gasteiger partial charge >= 0.3 is 12.1 Å². The van der Waals surface area contributed by atoms with E-state index in [4.69, 9.17) is 5.73 Å². The van der Waals surface area contributed by atoms with E-state index in [0.29, 0.717) is 5.56 Å². The fourth-order valence-corrected chi connectivity index (χ4v) is 3.08. The minimum Gasteiger partial charge on any atom is -0.475 e.